The van der Waals surface area contributed by atoms with E-state index < -0.39 is 0 Å². The summed E-state index contributed by atoms with van der Waals surface area (Å²) in [6.45, 7) is 0. The van der Waals surface area contributed by atoms with Crippen LogP contribution < -0.4 is 0 Å². The first-order valence-electron chi connectivity index (χ1n) is 5.28. The number of fused-ring (bicyclic) bond motifs is 6. The zero-order chi connectivity index (χ0) is 7.52. The van der Waals surface area contributed by atoms with Crippen LogP contribution in [0.4, 0.5) is 0 Å². The number of hydrogen-bond donors (Lipinski definition) is 0. The monoisotopic (exact) mass is 149 g/mol. The van der Waals surface area contributed by atoms with E-state index in [2.05, 4.69) is 7.28 Å². The van der Waals surface area contributed by atoms with Gasteiger partial charge in [0.15, 0.2) is 0 Å². The lowest BCUT2D eigenvalue weighted by molar-refractivity contribution is 0.356. The molecule has 2 aliphatic heterocycles. The topological polar surface area (TPSA) is 0 Å². The molecule has 0 unspecified atom stereocenters. The molecule has 2 heterocycles. The molecule has 1 saturated carbocycles. The fourth-order valence-corrected chi connectivity index (χ4v) is 2.72. The van der Waals surface area contributed by atoms with Crippen molar-refractivity contribution in [2.24, 2.45) is 5.92 Å². The summed E-state index contributed by atoms with van der Waals surface area (Å²) in [5.41, 5.74) is 0. The highest BCUT2D eigenvalue weighted by atomic mass is 14.2. The molecular weight excluding hydrogens is 131 g/mol. The molecule has 3 aliphatic rings. The Morgan fingerprint density at radius 2 is 1.55 bits per heavy atom. The molecular formula is C10H18B. The van der Waals surface area contributed by atoms with Crippen molar-refractivity contribution in [1.29, 1.82) is 0 Å². The second kappa shape index (κ2) is 3.64. The zero-order valence-corrected chi connectivity index (χ0v) is 7.39. The van der Waals surface area contributed by atoms with Gasteiger partial charge in [0.2, 0.25) is 0 Å². The predicted molar refractivity (Wildman–Crippen MR) is 50.1 cm³/mol. The van der Waals surface area contributed by atoms with E-state index in [9.17, 15) is 0 Å². The van der Waals surface area contributed by atoms with Gasteiger partial charge in [0.25, 0.3) is 0 Å². The molecule has 0 nitrogen and oxygen atoms in total. The van der Waals surface area contributed by atoms with Crippen LogP contribution in [0.1, 0.15) is 44.9 Å². The third-order valence-electron chi connectivity index (χ3n) is 3.45. The van der Waals surface area contributed by atoms with Crippen LogP contribution in [0.15, 0.2) is 0 Å². The van der Waals surface area contributed by atoms with Crippen molar-refractivity contribution in [2.75, 3.05) is 0 Å². The van der Waals surface area contributed by atoms with Crippen molar-refractivity contribution in [3.63, 3.8) is 0 Å². The van der Waals surface area contributed by atoms with Gasteiger partial charge in [-0.2, -0.15) is 0 Å². The van der Waals surface area contributed by atoms with Crippen LogP contribution in [0.2, 0.25) is 12.1 Å². The smallest absolute Gasteiger partial charge is 0.0797 e. The van der Waals surface area contributed by atoms with Gasteiger partial charge in [0.05, 0.1) is 0 Å². The van der Waals surface area contributed by atoms with Gasteiger partial charge in [-0.1, -0.05) is 57.1 Å². The van der Waals surface area contributed by atoms with Crippen LogP contribution >= 0.6 is 0 Å². The molecule has 0 amide bonds. The van der Waals surface area contributed by atoms with Gasteiger partial charge in [-0.3, -0.25) is 0 Å². The first-order chi connectivity index (χ1) is 5.45. The normalized spacial score (nSPS) is 38.5. The molecule has 0 aromatic rings. The van der Waals surface area contributed by atoms with Crippen LogP contribution in [-0.2, 0) is 0 Å². The number of hydrogen-bond acceptors (Lipinski definition) is 0. The summed E-state index contributed by atoms with van der Waals surface area (Å²) < 4.78 is 0. The predicted octanol–water partition coefficient (Wildman–Crippen LogP) is 3.27. The van der Waals surface area contributed by atoms with Crippen molar-refractivity contribution in [3.8, 4) is 0 Å². The Bertz CT molecular complexity index is 86.3. The summed E-state index contributed by atoms with van der Waals surface area (Å²) in [6.07, 6.45) is 12.0. The molecule has 1 aliphatic carbocycles. The standard InChI is InChI=1S/C10H18B/c1-3-9-4-2-6-10(5-1)11-8-7-9/h9-10H,1-8H2. The lowest BCUT2D eigenvalue weighted by Gasteiger charge is -2.28. The molecule has 0 N–H and O–H groups in total. The van der Waals surface area contributed by atoms with E-state index in [1.165, 1.54) is 51.3 Å². The summed E-state index contributed by atoms with van der Waals surface area (Å²) in [4.78, 5) is 0. The Morgan fingerprint density at radius 1 is 0.818 bits per heavy atom. The van der Waals surface area contributed by atoms with E-state index >= 15 is 0 Å². The first kappa shape index (κ1) is 7.70. The third kappa shape index (κ3) is 2.01. The molecule has 3 rings (SSSR count). The fourth-order valence-electron chi connectivity index (χ4n) is 2.72. The van der Waals surface area contributed by atoms with Gasteiger partial charge >= 0.3 is 0 Å². The maximum absolute atomic E-state index is 2.60. The van der Waals surface area contributed by atoms with E-state index in [1.54, 1.807) is 0 Å². The van der Waals surface area contributed by atoms with Crippen LogP contribution in [-0.4, -0.2) is 7.28 Å². The molecule has 0 spiro atoms. The SMILES string of the molecule is [B]1CCC2CCCC1CCC2. The van der Waals surface area contributed by atoms with Crippen molar-refractivity contribution in [3.05, 3.63) is 0 Å². The summed E-state index contributed by atoms with van der Waals surface area (Å²) in [5, 5.41) is 0. The van der Waals surface area contributed by atoms with Gasteiger partial charge in [-0.25, -0.2) is 0 Å². The lowest BCUT2D eigenvalue weighted by Crippen LogP contribution is -2.15. The quantitative estimate of drug-likeness (QED) is 0.463. The molecule has 0 atom stereocenters. The van der Waals surface area contributed by atoms with Crippen molar-refractivity contribution in [1.82, 2.24) is 0 Å². The molecule has 3 fully saturated rings. The Morgan fingerprint density at radius 3 is 2.27 bits per heavy atom. The van der Waals surface area contributed by atoms with Gasteiger partial charge in [-0.15, -0.1) is 0 Å². The van der Waals surface area contributed by atoms with E-state index in [-0.39, 0.29) is 0 Å². The minimum Gasteiger partial charge on any atom is -0.0797 e. The summed E-state index contributed by atoms with van der Waals surface area (Å²) in [5.74, 6) is 2.09. The van der Waals surface area contributed by atoms with Gasteiger partial charge in [0, 0.05) is 0 Å². The summed E-state index contributed by atoms with van der Waals surface area (Å²) >= 11 is 0. The maximum atomic E-state index is 2.60. The second-order valence-corrected chi connectivity index (χ2v) is 4.30. The minimum absolute atomic E-state index is 0.997. The van der Waals surface area contributed by atoms with Crippen LogP contribution in [0.25, 0.3) is 0 Å². The van der Waals surface area contributed by atoms with E-state index in [4.69, 9.17) is 0 Å². The second-order valence-electron chi connectivity index (χ2n) is 4.30. The third-order valence-corrected chi connectivity index (χ3v) is 3.45. The lowest BCUT2D eigenvalue weighted by atomic mass is 9.54. The van der Waals surface area contributed by atoms with Gasteiger partial charge < -0.3 is 0 Å². The summed E-state index contributed by atoms with van der Waals surface area (Å²) in [6, 6.07) is 0. The van der Waals surface area contributed by atoms with E-state index in [1.807, 2.05) is 0 Å². The van der Waals surface area contributed by atoms with Gasteiger partial charge in [-0.05, 0) is 5.92 Å². The van der Waals surface area contributed by atoms with Crippen LogP contribution in [0, 0.1) is 5.92 Å². The molecule has 61 valence electrons. The van der Waals surface area contributed by atoms with Gasteiger partial charge in [0.1, 0.15) is 7.28 Å². The fraction of sp³-hybridized carbons (Fsp3) is 1.00. The van der Waals surface area contributed by atoms with Crippen molar-refractivity contribution in [2.45, 2.75) is 57.1 Å². The van der Waals surface area contributed by atoms with E-state index in [0.717, 1.165) is 11.7 Å². The molecule has 2 saturated heterocycles. The van der Waals surface area contributed by atoms with Crippen molar-refractivity contribution < 1.29 is 0 Å². The molecule has 11 heavy (non-hydrogen) atoms. The Kier molecular flexibility index (Phi) is 2.55. The Labute approximate surface area is 71.0 Å². The molecule has 1 radical (unpaired) electrons. The molecule has 1 heteroatoms. The Hall–Kier alpha value is 0.0649. The number of rotatable bonds is 0. The van der Waals surface area contributed by atoms with E-state index in [0.29, 0.717) is 0 Å². The van der Waals surface area contributed by atoms with Crippen molar-refractivity contribution >= 4 is 7.28 Å². The molecule has 0 aromatic carbocycles. The highest BCUT2D eigenvalue weighted by Gasteiger charge is 2.20. The van der Waals surface area contributed by atoms with Crippen LogP contribution in [0.3, 0.4) is 0 Å². The average Bonchev–Trinajstić information content (AvgIpc) is 1.80. The maximum Gasteiger partial charge on any atom is 0.113 e. The van der Waals surface area contributed by atoms with Crippen LogP contribution in [0.5, 0.6) is 0 Å². The molecule has 0 aromatic heterocycles. The average molecular weight is 149 g/mol. The highest BCUT2D eigenvalue weighted by molar-refractivity contribution is 6.37. The Balaban J connectivity index is 1.96. The zero-order valence-electron chi connectivity index (χ0n) is 7.39. The highest BCUT2D eigenvalue weighted by Crippen LogP contribution is 2.35. The summed E-state index contributed by atoms with van der Waals surface area (Å²) in [7, 11) is 2.60. The minimum atomic E-state index is 0.997. The largest absolute Gasteiger partial charge is 0.113 e. The first-order valence-corrected chi connectivity index (χ1v) is 5.28. The molecule has 2 bridgehead atoms.